The standard InChI is InChI=1S/C17H17F2NO6S/c1-24-13-8-11(9-14(25-2)15(13)26-3)20-16(21)10-4-6-12(7-5-10)27(22,23)17(18)19/h4-9,17H,1-3H3,(H,20,21). The molecular weight excluding hydrogens is 384 g/mol. The molecule has 1 amide bonds. The molecule has 0 saturated carbocycles. The number of halogens is 2. The third-order valence-electron chi connectivity index (χ3n) is 3.60. The van der Waals surface area contributed by atoms with Gasteiger partial charge in [0.15, 0.2) is 11.5 Å². The van der Waals surface area contributed by atoms with Crippen LogP contribution in [0.15, 0.2) is 41.3 Å². The van der Waals surface area contributed by atoms with Gasteiger partial charge in [-0.2, -0.15) is 8.78 Å². The Labute approximate surface area is 154 Å². The molecule has 7 nitrogen and oxygen atoms in total. The second-order valence-corrected chi connectivity index (χ2v) is 7.12. The van der Waals surface area contributed by atoms with Gasteiger partial charge in [0.05, 0.1) is 26.2 Å². The maximum Gasteiger partial charge on any atom is 0.341 e. The fourth-order valence-corrected chi connectivity index (χ4v) is 2.98. The minimum Gasteiger partial charge on any atom is -0.493 e. The number of methoxy groups -OCH3 is 3. The first kappa shape index (κ1) is 20.4. The average Bonchev–Trinajstić information content (AvgIpc) is 2.66. The van der Waals surface area contributed by atoms with Crippen molar-refractivity contribution in [1.29, 1.82) is 0 Å². The molecule has 0 aliphatic heterocycles. The van der Waals surface area contributed by atoms with E-state index in [-0.39, 0.29) is 5.56 Å². The van der Waals surface area contributed by atoms with Crippen LogP contribution in [0.25, 0.3) is 0 Å². The molecular formula is C17H17F2NO6S. The van der Waals surface area contributed by atoms with Crippen molar-refractivity contribution >= 4 is 21.4 Å². The van der Waals surface area contributed by atoms with Crippen molar-refractivity contribution in [2.24, 2.45) is 0 Å². The lowest BCUT2D eigenvalue weighted by Gasteiger charge is -2.14. The number of amides is 1. The van der Waals surface area contributed by atoms with Crippen molar-refractivity contribution < 1.29 is 36.2 Å². The second kappa shape index (κ2) is 8.21. The molecule has 2 rings (SSSR count). The lowest BCUT2D eigenvalue weighted by molar-refractivity contribution is 0.102. The number of benzene rings is 2. The number of carbonyl (C=O) groups excluding carboxylic acids is 1. The SMILES string of the molecule is COc1cc(NC(=O)c2ccc(S(=O)(=O)C(F)F)cc2)cc(OC)c1OC. The van der Waals surface area contributed by atoms with Gasteiger partial charge in [-0.3, -0.25) is 4.79 Å². The molecule has 0 aliphatic carbocycles. The monoisotopic (exact) mass is 401 g/mol. The van der Waals surface area contributed by atoms with Gasteiger partial charge in [-0.15, -0.1) is 0 Å². The molecule has 0 atom stereocenters. The second-order valence-electron chi connectivity index (χ2n) is 5.20. The summed E-state index contributed by atoms with van der Waals surface area (Å²) in [6.07, 6.45) is 0. The first-order valence-electron chi connectivity index (χ1n) is 7.48. The van der Waals surface area contributed by atoms with Crippen molar-refractivity contribution in [2.75, 3.05) is 26.6 Å². The van der Waals surface area contributed by atoms with Crippen LogP contribution in [0.1, 0.15) is 10.4 Å². The zero-order chi connectivity index (χ0) is 20.2. The fraction of sp³-hybridized carbons (Fsp3) is 0.235. The van der Waals surface area contributed by atoms with Crippen LogP contribution in [-0.2, 0) is 9.84 Å². The third-order valence-corrected chi connectivity index (χ3v) is 5.00. The topological polar surface area (TPSA) is 90.9 Å². The molecule has 146 valence electrons. The van der Waals surface area contributed by atoms with Crippen LogP contribution >= 0.6 is 0 Å². The summed E-state index contributed by atoms with van der Waals surface area (Å²) in [7, 11) is -0.434. The van der Waals surface area contributed by atoms with Crippen LogP contribution in [0.5, 0.6) is 17.2 Å². The van der Waals surface area contributed by atoms with E-state index in [1.165, 1.54) is 33.5 Å². The average molecular weight is 401 g/mol. The van der Waals surface area contributed by atoms with E-state index in [0.29, 0.717) is 22.9 Å². The van der Waals surface area contributed by atoms with E-state index in [4.69, 9.17) is 14.2 Å². The number of hydrogen-bond donors (Lipinski definition) is 1. The first-order valence-corrected chi connectivity index (χ1v) is 9.02. The third kappa shape index (κ3) is 4.27. The van der Waals surface area contributed by atoms with Gasteiger partial charge >= 0.3 is 5.76 Å². The van der Waals surface area contributed by atoms with Gasteiger partial charge < -0.3 is 19.5 Å². The van der Waals surface area contributed by atoms with Gasteiger partial charge in [-0.05, 0) is 24.3 Å². The molecule has 0 fully saturated rings. The highest BCUT2D eigenvalue weighted by molar-refractivity contribution is 7.91. The lowest BCUT2D eigenvalue weighted by atomic mass is 10.2. The van der Waals surface area contributed by atoms with E-state index in [1.807, 2.05) is 0 Å². The van der Waals surface area contributed by atoms with Gasteiger partial charge in [0, 0.05) is 23.4 Å². The van der Waals surface area contributed by atoms with Crippen LogP contribution < -0.4 is 19.5 Å². The van der Waals surface area contributed by atoms with E-state index in [1.54, 1.807) is 0 Å². The zero-order valence-corrected chi connectivity index (χ0v) is 15.5. The van der Waals surface area contributed by atoms with Crippen molar-refractivity contribution in [1.82, 2.24) is 0 Å². The molecule has 1 N–H and O–H groups in total. The number of carbonyl (C=O) groups is 1. The summed E-state index contributed by atoms with van der Waals surface area (Å²) in [6.45, 7) is 0. The summed E-state index contributed by atoms with van der Waals surface area (Å²) in [5, 5.41) is 2.59. The molecule has 2 aromatic rings. The maximum absolute atomic E-state index is 12.5. The van der Waals surface area contributed by atoms with Crippen molar-refractivity contribution in [3.63, 3.8) is 0 Å². The van der Waals surface area contributed by atoms with E-state index in [9.17, 15) is 22.0 Å². The highest BCUT2D eigenvalue weighted by atomic mass is 32.2. The van der Waals surface area contributed by atoms with E-state index >= 15 is 0 Å². The van der Waals surface area contributed by atoms with Crippen molar-refractivity contribution in [3.05, 3.63) is 42.0 Å². The predicted octanol–water partition coefficient (Wildman–Crippen LogP) is 2.96. The summed E-state index contributed by atoms with van der Waals surface area (Å²) >= 11 is 0. The maximum atomic E-state index is 12.5. The van der Waals surface area contributed by atoms with Gasteiger partial charge in [0.25, 0.3) is 5.91 Å². The van der Waals surface area contributed by atoms with Crippen LogP contribution in [0.2, 0.25) is 0 Å². The van der Waals surface area contributed by atoms with Crippen LogP contribution in [0.3, 0.4) is 0 Å². The number of sulfone groups is 1. The molecule has 0 unspecified atom stereocenters. The molecule has 0 aromatic heterocycles. The molecule has 2 aromatic carbocycles. The van der Waals surface area contributed by atoms with Crippen LogP contribution in [0, 0.1) is 0 Å². The summed E-state index contributed by atoms with van der Waals surface area (Å²) < 4.78 is 63.5. The highest BCUT2D eigenvalue weighted by Gasteiger charge is 2.26. The summed E-state index contributed by atoms with van der Waals surface area (Å²) in [4.78, 5) is 11.8. The predicted molar refractivity (Wildman–Crippen MR) is 93.7 cm³/mol. The Kier molecular flexibility index (Phi) is 6.21. The van der Waals surface area contributed by atoms with Gasteiger partial charge in [0.1, 0.15) is 0 Å². The Bertz CT molecular complexity index is 904. The normalized spacial score (nSPS) is 11.2. The first-order chi connectivity index (χ1) is 12.7. The molecule has 0 bridgehead atoms. The van der Waals surface area contributed by atoms with E-state index in [2.05, 4.69) is 5.32 Å². The number of anilines is 1. The Morgan fingerprint density at radius 3 is 1.89 bits per heavy atom. The quantitative estimate of drug-likeness (QED) is 0.767. The smallest absolute Gasteiger partial charge is 0.341 e. The Morgan fingerprint density at radius 2 is 1.48 bits per heavy atom. The summed E-state index contributed by atoms with van der Waals surface area (Å²) in [6, 6.07) is 7.20. The number of rotatable bonds is 7. The highest BCUT2D eigenvalue weighted by Crippen LogP contribution is 2.40. The van der Waals surface area contributed by atoms with Crippen molar-refractivity contribution in [3.8, 4) is 17.2 Å². The minimum absolute atomic E-state index is 0.0805. The molecule has 0 heterocycles. The molecule has 0 spiro atoms. The summed E-state index contributed by atoms with van der Waals surface area (Å²) in [5.74, 6) is -3.11. The molecule has 0 radical (unpaired) electrons. The Morgan fingerprint density at radius 1 is 0.963 bits per heavy atom. The van der Waals surface area contributed by atoms with Gasteiger partial charge in [0.2, 0.25) is 15.6 Å². The molecule has 27 heavy (non-hydrogen) atoms. The zero-order valence-electron chi connectivity index (χ0n) is 14.7. The fourth-order valence-electron chi connectivity index (χ4n) is 2.26. The number of alkyl halides is 2. The molecule has 0 saturated heterocycles. The van der Waals surface area contributed by atoms with Crippen molar-refractivity contribution in [2.45, 2.75) is 10.7 Å². The number of hydrogen-bond acceptors (Lipinski definition) is 6. The largest absolute Gasteiger partial charge is 0.493 e. The number of ether oxygens (including phenoxy) is 3. The lowest BCUT2D eigenvalue weighted by Crippen LogP contribution is -2.14. The van der Waals surface area contributed by atoms with Gasteiger partial charge in [-0.25, -0.2) is 8.42 Å². The van der Waals surface area contributed by atoms with Gasteiger partial charge in [-0.1, -0.05) is 0 Å². The van der Waals surface area contributed by atoms with E-state index in [0.717, 1.165) is 24.3 Å². The minimum atomic E-state index is -4.72. The Hall–Kier alpha value is -2.88. The van der Waals surface area contributed by atoms with E-state index < -0.39 is 26.4 Å². The van der Waals surface area contributed by atoms with Crippen LogP contribution in [-0.4, -0.2) is 41.4 Å². The molecule has 10 heteroatoms. The van der Waals surface area contributed by atoms with Crippen LogP contribution in [0.4, 0.5) is 14.5 Å². The molecule has 0 aliphatic rings. The Balaban J connectivity index is 2.27. The number of nitrogens with one attached hydrogen (secondary N) is 1. The summed E-state index contributed by atoms with van der Waals surface area (Å²) in [5.41, 5.74) is 0.413.